The van der Waals surface area contributed by atoms with Crippen molar-refractivity contribution in [3.63, 3.8) is 0 Å². The minimum atomic E-state index is -1.72. The van der Waals surface area contributed by atoms with E-state index in [4.69, 9.17) is 11.6 Å². The van der Waals surface area contributed by atoms with Crippen LogP contribution < -0.4 is 5.32 Å². The maximum Gasteiger partial charge on any atom is 0.276 e. The SMILES string of the molecule is CC(C)(C)[C@@H](CO)NC(=O)C[C@H](O)C(=O)N(O)CC#Cc1ccc(Cl)cc1. The van der Waals surface area contributed by atoms with Crippen LogP contribution in [0.15, 0.2) is 24.3 Å². The van der Waals surface area contributed by atoms with Crippen molar-refractivity contribution in [3.05, 3.63) is 34.9 Å². The van der Waals surface area contributed by atoms with Crippen LogP contribution in [0.25, 0.3) is 0 Å². The van der Waals surface area contributed by atoms with Crippen molar-refractivity contribution >= 4 is 23.4 Å². The lowest BCUT2D eigenvalue weighted by Gasteiger charge is -2.30. The third kappa shape index (κ3) is 7.97. The molecular formula is C19H25ClN2O5. The topological polar surface area (TPSA) is 110 Å². The van der Waals surface area contributed by atoms with Gasteiger partial charge in [0.1, 0.15) is 12.6 Å². The molecular weight excluding hydrogens is 372 g/mol. The summed E-state index contributed by atoms with van der Waals surface area (Å²) in [6.07, 6.45) is -2.25. The van der Waals surface area contributed by atoms with Crippen molar-refractivity contribution in [2.24, 2.45) is 5.41 Å². The highest BCUT2D eigenvalue weighted by Gasteiger charge is 2.28. The number of halogens is 1. The second-order valence-electron chi connectivity index (χ2n) is 7.09. The molecule has 7 nitrogen and oxygen atoms in total. The molecule has 148 valence electrons. The van der Waals surface area contributed by atoms with Gasteiger partial charge in [0, 0.05) is 10.6 Å². The van der Waals surface area contributed by atoms with E-state index in [1.54, 1.807) is 24.3 Å². The molecule has 0 aliphatic rings. The first-order valence-corrected chi connectivity index (χ1v) is 8.75. The number of hydrogen-bond acceptors (Lipinski definition) is 5. The fourth-order valence-corrected chi connectivity index (χ4v) is 2.18. The summed E-state index contributed by atoms with van der Waals surface area (Å²) in [5.74, 6) is 3.68. The molecule has 0 saturated heterocycles. The second-order valence-corrected chi connectivity index (χ2v) is 7.53. The highest BCUT2D eigenvalue weighted by atomic mass is 35.5. The van der Waals surface area contributed by atoms with Gasteiger partial charge in [-0.15, -0.1) is 0 Å². The van der Waals surface area contributed by atoms with Crippen LogP contribution in [0, 0.1) is 17.3 Å². The van der Waals surface area contributed by atoms with Crippen LogP contribution >= 0.6 is 11.6 Å². The van der Waals surface area contributed by atoms with E-state index < -0.39 is 30.4 Å². The van der Waals surface area contributed by atoms with Gasteiger partial charge in [-0.3, -0.25) is 14.8 Å². The zero-order valence-corrected chi connectivity index (χ0v) is 16.3. The van der Waals surface area contributed by atoms with E-state index in [2.05, 4.69) is 17.2 Å². The number of nitrogens with one attached hydrogen (secondary N) is 1. The average Bonchev–Trinajstić information content (AvgIpc) is 2.59. The van der Waals surface area contributed by atoms with E-state index in [-0.39, 0.29) is 23.6 Å². The maximum absolute atomic E-state index is 11.9. The molecule has 0 unspecified atom stereocenters. The van der Waals surface area contributed by atoms with E-state index in [1.807, 2.05) is 20.8 Å². The van der Waals surface area contributed by atoms with E-state index in [0.717, 1.165) is 0 Å². The minimum absolute atomic E-state index is 0.258. The summed E-state index contributed by atoms with van der Waals surface area (Å²) in [5, 5.41) is 32.3. The molecule has 4 N–H and O–H groups in total. The van der Waals surface area contributed by atoms with Crippen LogP contribution in [0.4, 0.5) is 0 Å². The number of aliphatic hydroxyl groups excluding tert-OH is 2. The molecule has 8 heteroatoms. The van der Waals surface area contributed by atoms with Gasteiger partial charge in [0.05, 0.1) is 19.1 Å². The molecule has 0 radical (unpaired) electrons. The number of hydrogen-bond donors (Lipinski definition) is 4. The quantitative estimate of drug-likeness (QED) is 0.328. The number of amides is 2. The number of carbonyl (C=O) groups excluding carboxylic acids is 2. The highest BCUT2D eigenvalue weighted by Crippen LogP contribution is 2.18. The molecule has 0 aromatic heterocycles. The van der Waals surface area contributed by atoms with Gasteiger partial charge in [-0.2, -0.15) is 0 Å². The van der Waals surface area contributed by atoms with Gasteiger partial charge in [-0.05, 0) is 29.7 Å². The second kappa shape index (κ2) is 10.3. The van der Waals surface area contributed by atoms with Crippen LogP contribution in [0.3, 0.4) is 0 Å². The Kier molecular flexibility index (Phi) is 8.73. The van der Waals surface area contributed by atoms with Crippen LogP contribution in [-0.2, 0) is 9.59 Å². The maximum atomic E-state index is 11.9. The molecule has 0 aliphatic heterocycles. The van der Waals surface area contributed by atoms with Crippen molar-refractivity contribution in [3.8, 4) is 11.8 Å². The molecule has 0 saturated carbocycles. The van der Waals surface area contributed by atoms with Gasteiger partial charge in [-0.1, -0.05) is 44.2 Å². The number of rotatable bonds is 6. The third-order valence-corrected chi connectivity index (χ3v) is 4.04. The Hall–Kier alpha value is -2.11. The number of nitrogens with zero attached hydrogens (tertiary/aromatic N) is 1. The normalized spacial score (nSPS) is 13.1. The van der Waals surface area contributed by atoms with Crippen LogP contribution in [0.2, 0.25) is 5.02 Å². The van der Waals surface area contributed by atoms with E-state index in [1.165, 1.54) is 0 Å². The predicted molar refractivity (Wildman–Crippen MR) is 101 cm³/mol. The Bertz CT molecular complexity index is 704. The molecule has 0 fully saturated rings. The molecule has 1 aromatic rings. The summed E-state index contributed by atoms with van der Waals surface area (Å²) in [7, 11) is 0. The zero-order valence-electron chi connectivity index (χ0n) is 15.6. The van der Waals surface area contributed by atoms with Gasteiger partial charge < -0.3 is 15.5 Å². The van der Waals surface area contributed by atoms with Crippen molar-refractivity contribution < 1.29 is 25.0 Å². The number of benzene rings is 1. The van der Waals surface area contributed by atoms with Crippen LogP contribution in [-0.4, -0.2) is 57.6 Å². The van der Waals surface area contributed by atoms with Crippen molar-refractivity contribution in [1.29, 1.82) is 0 Å². The highest BCUT2D eigenvalue weighted by molar-refractivity contribution is 6.30. The first-order chi connectivity index (χ1) is 12.5. The van der Waals surface area contributed by atoms with Gasteiger partial charge in [0.15, 0.2) is 0 Å². The fourth-order valence-electron chi connectivity index (χ4n) is 2.05. The fraction of sp³-hybridized carbons (Fsp3) is 0.474. The van der Waals surface area contributed by atoms with Crippen LogP contribution in [0.1, 0.15) is 32.8 Å². The summed E-state index contributed by atoms with van der Waals surface area (Å²) in [4.78, 5) is 23.9. The standard InChI is InChI=1S/C19H25ClN2O5/c1-19(2,3)16(12-23)21-17(25)11-15(24)18(26)22(27)10-4-5-13-6-8-14(20)9-7-13/h6-9,15-16,23-24,27H,10-12H2,1-3H3,(H,21,25)/t15-,16+/m0/s1. The number of carbonyl (C=O) groups is 2. The van der Waals surface area contributed by atoms with E-state index >= 15 is 0 Å². The summed E-state index contributed by atoms with van der Waals surface area (Å²) in [6.45, 7) is 4.91. The number of aliphatic hydroxyl groups is 2. The Morgan fingerprint density at radius 3 is 2.37 bits per heavy atom. The molecule has 2 amide bonds. The van der Waals surface area contributed by atoms with Crippen molar-refractivity contribution in [1.82, 2.24) is 10.4 Å². The molecule has 0 heterocycles. The van der Waals surface area contributed by atoms with Gasteiger partial charge in [0.2, 0.25) is 5.91 Å². The first kappa shape index (κ1) is 22.9. The van der Waals surface area contributed by atoms with Gasteiger partial charge in [0.25, 0.3) is 5.91 Å². The van der Waals surface area contributed by atoms with E-state index in [9.17, 15) is 25.0 Å². The number of hydroxylamine groups is 2. The largest absolute Gasteiger partial charge is 0.394 e. The van der Waals surface area contributed by atoms with E-state index in [0.29, 0.717) is 10.6 Å². The summed E-state index contributed by atoms with van der Waals surface area (Å²) in [6, 6.07) is 6.17. The minimum Gasteiger partial charge on any atom is -0.394 e. The summed E-state index contributed by atoms with van der Waals surface area (Å²) in [5.41, 5.74) is 0.261. The molecule has 0 aliphatic carbocycles. The Labute approximate surface area is 163 Å². The molecule has 1 aromatic carbocycles. The molecule has 0 bridgehead atoms. The molecule has 2 atom stereocenters. The average molecular weight is 397 g/mol. The van der Waals surface area contributed by atoms with Gasteiger partial charge in [-0.25, -0.2) is 5.06 Å². The van der Waals surface area contributed by atoms with Crippen molar-refractivity contribution in [2.45, 2.75) is 39.3 Å². The lowest BCUT2D eigenvalue weighted by Crippen LogP contribution is -2.48. The summed E-state index contributed by atoms with van der Waals surface area (Å²) >= 11 is 5.76. The monoisotopic (exact) mass is 396 g/mol. The Balaban J connectivity index is 2.55. The lowest BCUT2D eigenvalue weighted by atomic mass is 9.87. The smallest absolute Gasteiger partial charge is 0.276 e. The predicted octanol–water partition coefficient (Wildman–Crippen LogP) is 1.18. The lowest BCUT2D eigenvalue weighted by molar-refractivity contribution is -0.173. The van der Waals surface area contributed by atoms with Gasteiger partial charge >= 0.3 is 0 Å². The third-order valence-electron chi connectivity index (χ3n) is 3.79. The Morgan fingerprint density at radius 2 is 1.85 bits per heavy atom. The van der Waals surface area contributed by atoms with Crippen molar-refractivity contribution in [2.75, 3.05) is 13.2 Å². The molecule has 1 rings (SSSR count). The molecule has 27 heavy (non-hydrogen) atoms. The summed E-state index contributed by atoms with van der Waals surface area (Å²) < 4.78 is 0. The van der Waals surface area contributed by atoms with Crippen LogP contribution in [0.5, 0.6) is 0 Å². The Morgan fingerprint density at radius 1 is 1.26 bits per heavy atom. The zero-order chi connectivity index (χ0) is 20.6. The first-order valence-electron chi connectivity index (χ1n) is 8.37. The molecule has 0 spiro atoms.